The summed E-state index contributed by atoms with van der Waals surface area (Å²) in [4.78, 5) is 12.5. The molecular weight excluding hydrogens is 403 g/mol. The Kier molecular flexibility index (Phi) is 6.25. The van der Waals surface area contributed by atoms with Crippen LogP contribution in [0.25, 0.3) is 0 Å². The molecule has 0 bridgehead atoms. The molecule has 150 valence electrons. The van der Waals surface area contributed by atoms with Crippen molar-refractivity contribution in [1.29, 1.82) is 0 Å². The first-order chi connectivity index (χ1) is 13.3. The van der Waals surface area contributed by atoms with Gasteiger partial charge in [-0.1, -0.05) is 37.4 Å². The van der Waals surface area contributed by atoms with Gasteiger partial charge >= 0.3 is 0 Å². The summed E-state index contributed by atoms with van der Waals surface area (Å²) in [6, 6.07) is 10.1. The van der Waals surface area contributed by atoms with E-state index < -0.39 is 27.0 Å². The highest BCUT2D eigenvalue weighted by Gasteiger charge is 2.32. The van der Waals surface area contributed by atoms with Crippen LogP contribution in [0.5, 0.6) is 0 Å². The molecule has 2 N–H and O–H groups in total. The summed E-state index contributed by atoms with van der Waals surface area (Å²) in [5, 5.41) is 2.09. The van der Waals surface area contributed by atoms with Crippen molar-refractivity contribution in [3.63, 3.8) is 0 Å². The molecule has 5 nitrogen and oxygen atoms in total. The monoisotopic (exact) mass is 424 g/mol. The number of hydrogen-bond acceptors (Lipinski definition) is 3. The zero-order valence-electron chi connectivity index (χ0n) is 15.4. The van der Waals surface area contributed by atoms with E-state index in [0.717, 1.165) is 25.3 Å². The summed E-state index contributed by atoms with van der Waals surface area (Å²) in [5.74, 6) is -0.927. The van der Waals surface area contributed by atoms with Gasteiger partial charge in [0.1, 0.15) is 5.82 Å². The van der Waals surface area contributed by atoms with Gasteiger partial charge in [-0.15, -0.1) is 0 Å². The summed E-state index contributed by atoms with van der Waals surface area (Å²) in [5.41, 5.74) is 0.957. The molecule has 28 heavy (non-hydrogen) atoms. The van der Waals surface area contributed by atoms with E-state index in [1.54, 1.807) is 18.2 Å². The van der Waals surface area contributed by atoms with Gasteiger partial charge in [-0.2, -0.15) is 0 Å². The summed E-state index contributed by atoms with van der Waals surface area (Å²) in [6.07, 6.45) is 3.49. The Hall–Kier alpha value is -2.12. The minimum Gasteiger partial charge on any atom is -0.322 e. The summed E-state index contributed by atoms with van der Waals surface area (Å²) >= 11 is 5.72. The molecule has 2 unspecified atom stereocenters. The second kappa shape index (κ2) is 8.49. The Balaban J connectivity index is 1.74. The molecule has 0 radical (unpaired) electrons. The van der Waals surface area contributed by atoms with Crippen LogP contribution in [0, 0.1) is 11.7 Å². The molecule has 1 fully saturated rings. The third-order valence-corrected chi connectivity index (χ3v) is 7.30. The SMILES string of the molecule is CC1CCCCC1S(=O)(=O)Nc1cccc(C(=O)Nc2ccc(F)c(Cl)c2)c1. The van der Waals surface area contributed by atoms with Crippen LogP contribution in [-0.2, 0) is 10.0 Å². The minimum atomic E-state index is -3.54. The molecule has 0 spiro atoms. The number of nitrogens with one attached hydrogen (secondary N) is 2. The number of halogens is 2. The molecule has 0 saturated heterocycles. The predicted octanol–water partition coefficient (Wildman–Crippen LogP) is 5.05. The molecule has 3 rings (SSSR count). The number of carbonyl (C=O) groups is 1. The van der Waals surface area contributed by atoms with Gasteiger partial charge in [-0.25, -0.2) is 12.8 Å². The van der Waals surface area contributed by atoms with Crippen molar-refractivity contribution in [3.05, 3.63) is 58.9 Å². The average molecular weight is 425 g/mol. The number of carbonyl (C=O) groups excluding carboxylic acids is 1. The van der Waals surface area contributed by atoms with Gasteiger partial charge in [0.15, 0.2) is 0 Å². The van der Waals surface area contributed by atoms with Crippen LogP contribution in [0.15, 0.2) is 42.5 Å². The Bertz CT molecular complexity index is 981. The van der Waals surface area contributed by atoms with Gasteiger partial charge in [-0.3, -0.25) is 9.52 Å². The molecule has 2 aromatic rings. The van der Waals surface area contributed by atoms with Crippen LogP contribution >= 0.6 is 11.6 Å². The van der Waals surface area contributed by atoms with Crippen molar-refractivity contribution in [2.24, 2.45) is 5.92 Å². The second-order valence-corrected chi connectivity index (χ2v) is 9.42. The van der Waals surface area contributed by atoms with Crippen molar-refractivity contribution in [2.45, 2.75) is 37.9 Å². The summed E-state index contributed by atoms with van der Waals surface area (Å²) in [7, 11) is -3.54. The van der Waals surface area contributed by atoms with Crippen molar-refractivity contribution >= 4 is 38.9 Å². The highest BCUT2D eigenvalue weighted by molar-refractivity contribution is 7.93. The molecule has 1 aliphatic carbocycles. The largest absolute Gasteiger partial charge is 0.322 e. The standard InChI is InChI=1S/C20H22ClFN2O3S/c1-13-5-2-3-8-19(13)28(26,27)24-16-7-4-6-14(11-16)20(25)23-15-9-10-18(22)17(21)12-15/h4,6-7,9-13,19,24H,2-3,5,8H2,1H3,(H,23,25). The van der Waals surface area contributed by atoms with Gasteiger partial charge in [0.05, 0.1) is 10.3 Å². The van der Waals surface area contributed by atoms with Gasteiger partial charge in [0.25, 0.3) is 5.91 Å². The highest BCUT2D eigenvalue weighted by Crippen LogP contribution is 2.30. The zero-order chi connectivity index (χ0) is 20.3. The molecule has 8 heteroatoms. The predicted molar refractivity (Wildman–Crippen MR) is 110 cm³/mol. The van der Waals surface area contributed by atoms with Crippen molar-refractivity contribution in [1.82, 2.24) is 0 Å². The lowest BCUT2D eigenvalue weighted by molar-refractivity contribution is 0.102. The second-order valence-electron chi connectivity index (χ2n) is 7.11. The summed E-state index contributed by atoms with van der Waals surface area (Å²) in [6.45, 7) is 1.96. The van der Waals surface area contributed by atoms with E-state index >= 15 is 0 Å². The van der Waals surface area contributed by atoms with E-state index in [1.165, 1.54) is 18.2 Å². The molecule has 1 amide bonds. The van der Waals surface area contributed by atoms with Crippen LogP contribution in [-0.4, -0.2) is 19.6 Å². The Labute approximate surface area is 169 Å². The summed E-state index contributed by atoms with van der Waals surface area (Å²) < 4.78 is 41.3. The highest BCUT2D eigenvalue weighted by atomic mass is 35.5. The number of amides is 1. The molecular formula is C20H22ClFN2O3S. The Morgan fingerprint density at radius 3 is 2.57 bits per heavy atom. The van der Waals surface area contributed by atoms with Crippen molar-refractivity contribution in [2.75, 3.05) is 10.0 Å². The number of anilines is 2. The Morgan fingerprint density at radius 1 is 1.11 bits per heavy atom. The first-order valence-electron chi connectivity index (χ1n) is 9.14. The minimum absolute atomic E-state index is 0.0964. The van der Waals surface area contributed by atoms with Crippen LogP contribution in [0.1, 0.15) is 43.0 Å². The van der Waals surface area contributed by atoms with Crippen LogP contribution in [0.3, 0.4) is 0 Å². The van der Waals surface area contributed by atoms with E-state index in [1.807, 2.05) is 6.92 Å². The van der Waals surface area contributed by atoms with Crippen LogP contribution in [0.4, 0.5) is 15.8 Å². The molecule has 0 aliphatic heterocycles. The number of benzene rings is 2. The first kappa shape index (κ1) is 20.6. The fourth-order valence-corrected chi connectivity index (χ4v) is 5.50. The fraction of sp³-hybridized carbons (Fsp3) is 0.350. The lowest BCUT2D eigenvalue weighted by atomic mass is 9.90. The van der Waals surface area contributed by atoms with E-state index in [2.05, 4.69) is 10.0 Å². The smallest absolute Gasteiger partial charge is 0.255 e. The van der Waals surface area contributed by atoms with Gasteiger partial charge in [0.2, 0.25) is 10.0 Å². The van der Waals surface area contributed by atoms with Crippen molar-refractivity contribution < 1.29 is 17.6 Å². The third-order valence-electron chi connectivity index (χ3n) is 4.99. The van der Waals surface area contributed by atoms with Gasteiger partial charge in [-0.05, 0) is 55.2 Å². The maximum atomic E-state index is 13.2. The third kappa shape index (κ3) is 4.83. The normalized spacial score (nSPS) is 19.8. The molecule has 0 aromatic heterocycles. The van der Waals surface area contributed by atoms with E-state index in [0.29, 0.717) is 17.8 Å². The topological polar surface area (TPSA) is 75.3 Å². The maximum absolute atomic E-state index is 13.2. The maximum Gasteiger partial charge on any atom is 0.255 e. The quantitative estimate of drug-likeness (QED) is 0.705. The fourth-order valence-electron chi connectivity index (χ4n) is 3.48. The first-order valence-corrected chi connectivity index (χ1v) is 11.1. The Morgan fingerprint density at radius 2 is 1.86 bits per heavy atom. The lowest BCUT2D eigenvalue weighted by Crippen LogP contribution is -2.35. The van der Waals surface area contributed by atoms with E-state index in [4.69, 9.17) is 11.6 Å². The zero-order valence-corrected chi connectivity index (χ0v) is 17.0. The van der Waals surface area contributed by atoms with Crippen molar-refractivity contribution in [3.8, 4) is 0 Å². The number of hydrogen-bond donors (Lipinski definition) is 2. The van der Waals surface area contributed by atoms with E-state index in [-0.39, 0.29) is 16.5 Å². The molecule has 1 saturated carbocycles. The van der Waals surface area contributed by atoms with Gasteiger partial charge in [0, 0.05) is 16.9 Å². The average Bonchev–Trinajstić information content (AvgIpc) is 2.65. The van der Waals surface area contributed by atoms with Crippen LogP contribution in [0.2, 0.25) is 5.02 Å². The van der Waals surface area contributed by atoms with Gasteiger partial charge < -0.3 is 5.32 Å². The molecule has 1 aliphatic rings. The van der Waals surface area contributed by atoms with E-state index in [9.17, 15) is 17.6 Å². The molecule has 2 aromatic carbocycles. The molecule has 2 atom stereocenters. The molecule has 0 heterocycles. The number of sulfonamides is 1. The lowest BCUT2D eigenvalue weighted by Gasteiger charge is -2.28. The number of rotatable bonds is 5. The van der Waals surface area contributed by atoms with Crippen LogP contribution < -0.4 is 10.0 Å².